The van der Waals surface area contributed by atoms with E-state index >= 15 is 4.39 Å². The molecule has 208 valence electrons. The maximum absolute atomic E-state index is 15.4. The zero-order valence-corrected chi connectivity index (χ0v) is 22.8. The van der Waals surface area contributed by atoms with Gasteiger partial charge in [-0.3, -0.25) is 4.79 Å². The lowest BCUT2D eigenvalue weighted by molar-refractivity contribution is -0.170. The summed E-state index contributed by atoms with van der Waals surface area (Å²) in [6, 6.07) is 4.78. The molecule has 0 fully saturated rings. The van der Waals surface area contributed by atoms with Gasteiger partial charge in [0.1, 0.15) is 23.1 Å². The number of amides is 1. The number of aliphatic hydroxyl groups is 1. The van der Waals surface area contributed by atoms with Gasteiger partial charge in [-0.1, -0.05) is 18.2 Å². The fourth-order valence-electron chi connectivity index (χ4n) is 4.58. The number of anilines is 1. The molecule has 0 spiro atoms. The number of ether oxygens (including phenoxy) is 1. The molecule has 1 atom stereocenters. The Bertz CT molecular complexity index is 1450. The summed E-state index contributed by atoms with van der Waals surface area (Å²) >= 11 is 0. The third kappa shape index (κ3) is 5.40. The van der Waals surface area contributed by atoms with Crippen molar-refractivity contribution in [2.45, 2.75) is 58.6 Å². The van der Waals surface area contributed by atoms with Crippen LogP contribution in [-0.2, 0) is 10.7 Å². The van der Waals surface area contributed by atoms with Gasteiger partial charge in [-0.25, -0.2) is 14.4 Å². The van der Waals surface area contributed by atoms with Crippen LogP contribution in [0.15, 0.2) is 30.3 Å². The number of pyridine rings is 1. The molecule has 0 unspecified atom stereocenters. The van der Waals surface area contributed by atoms with E-state index in [0.717, 1.165) is 25.5 Å². The molecule has 1 amide bonds. The maximum Gasteiger partial charge on any atom is 0.303 e. The molecule has 3 heterocycles. The number of rotatable bonds is 7. The Morgan fingerprint density at radius 2 is 1.95 bits per heavy atom. The van der Waals surface area contributed by atoms with E-state index in [1.165, 1.54) is 26.2 Å². The molecule has 11 heteroatoms. The van der Waals surface area contributed by atoms with Gasteiger partial charge in [0, 0.05) is 31.1 Å². The normalized spacial score (nSPS) is 15.2. The Morgan fingerprint density at radius 3 is 2.54 bits per heavy atom. The van der Waals surface area contributed by atoms with Crippen LogP contribution in [0.25, 0.3) is 16.6 Å². The minimum absolute atomic E-state index is 0.00475. The van der Waals surface area contributed by atoms with Gasteiger partial charge in [-0.15, -0.1) is 0 Å². The van der Waals surface area contributed by atoms with Crippen molar-refractivity contribution < 1.29 is 27.8 Å². The molecular formula is C28H32F3N5O3. The summed E-state index contributed by atoms with van der Waals surface area (Å²) in [4.78, 5) is 27.0. The van der Waals surface area contributed by atoms with Gasteiger partial charge in [0.25, 0.3) is 0 Å². The first-order valence-electron chi connectivity index (χ1n) is 12.6. The van der Waals surface area contributed by atoms with Crippen molar-refractivity contribution in [3.05, 3.63) is 58.7 Å². The number of carbonyl (C=O) groups excluding carboxylic acids is 1. The van der Waals surface area contributed by atoms with Gasteiger partial charge in [0.15, 0.2) is 5.65 Å². The van der Waals surface area contributed by atoms with Crippen LogP contribution in [0.4, 0.5) is 19.0 Å². The van der Waals surface area contributed by atoms with Crippen molar-refractivity contribution in [2.75, 3.05) is 25.5 Å². The first kappa shape index (κ1) is 28.3. The van der Waals surface area contributed by atoms with E-state index in [1.54, 1.807) is 18.7 Å². The molecule has 2 aromatic heterocycles. The molecule has 1 aliphatic rings. The Labute approximate surface area is 224 Å². The molecule has 8 nitrogen and oxygen atoms in total. The first-order chi connectivity index (χ1) is 18.2. The standard InChI is InChI=1S/C28H32F3N5O3/c1-15(19-8-7-9-22(23(19)29)28(30,31)27(4,5)38)32-24-21-14-20(18-10-12-36(13-11-18)17(3)37)26(39-6)35-25(21)34-16(2)33-24/h7-10,14-15,38H,11-13H2,1-6H3,(H,32,33,34,35)/t15-/m1/s1. The van der Waals surface area contributed by atoms with Crippen LogP contribution in [0.5, 0.6) is 5.88 Å². The van der Waals surface area contributed by atoms with Crippen molar-refractivity contribution in [1.29, 1.82) is 0 Å². The second kappa shape index (κ2) is 10.4. The number of hydrogen-bond donors (Lipinski definition) is 2. The zero-order valence-electron chi connectivity index (χ0n) is 22.8. The Hall–Kier alpha value is -3.73. The largest absolute Gasteiger partial charge is 0.481 e. The van der Waals surface area contributed by atoms with Crippen LogP contribution in [0.2, 0.25) is 0 Å². The van der Waals surface area contributed by atoms with E-state index < -0.39 is 28.9 Å². The second-order valence-corrected chi connectivity index (χ2v) is 10.2. The molecule has 1 aromatic carbocycles. The highest BCUT2D eigenvalue weighted by Crippen LogP contribution is 2.41. The van der Waals surface area contributed by atoms with Crippen LogP contribution in [0, 0.1) is 12.7 Å². The van der Waals surface area contributed by atoms with Crippen LogP contribution in [0.1, 0.15) is 62.7 Å². The fraction of sp³-hybridized carbons (Fsp3) is 0.429. The number of aromatic nitrogens is 3. The summed E-state index contributed by atoms with van der Waals surface area (Å²) in [5, 5.41) is 13.6. The summed E-state index contributed by atoms with van der Waals surface area (Å²) in [6.45, 7) is 7.74. The average Bonchev–Trinajstić information content (AvgIpc) is 2.87. The molecule has 0 aliphatic carbocycles. The van der Waals surface area contributed by atoms with Crippen molar-refractivity contribution >= 4 is 28.3 Å². The zero-order chi connectivity index (χ0) is 28.7. The molecule has 0 saturated carbocycles. The molecule has 3 aromatic rings. The number of fused-ring (bicyclic) bond motifs is 1. The number of nitrogens with zero attached hydrogens (tertiary/aromatic N) is 4. The number of aryl methyl sites for hydroxylation is 1. The summed E-state index contributed by atoms with van der Waals surface area (Å²) in [7, 11) is 1.51. The molecule has 4 rings (SSSR count). The quantitative estimate of drug-likeness (QED) is 0.425. The molecule has 39 heavy (non-hydrogen) atoms. The Morgan fingerprint density at radius 1 is 1.23 bits per heavy atom. The van der Waals surface area contributed by atoms with Crippen LogP contribution >= 0.6 is 0 Å². The molecular weight excluding hydrogens is 511 g/mol. The highest BCUT2D eigenvalue weighted by Gasteiger charge is 2.49. The topological polar surface area (TPSA) is 100 Å². The number of carbonyl (C=O) groups is 1. The average molecular weight is 544 g/mol. The fourth-order valence-corrected chi connectivity index (χ4v) is 4.58. The van der Waals surface area contributed by atoms with Gasteiger partial charge in [-0.05, 0) is 51.8 Å². The van der Waals surface area contributed by atoms with Crippen LogP contribution in [-0.4, -0.2) is 56.7 Å². The number of alkyl halides is 2. The summed E-state index contributed by atoms with van der Waals surface area (Å²) < 4.78 is 50.6. The predicted octanol–water partition coefficient (Wildman–Crippen LogP) is 5.15. The van der Waals surface area contributed by atoms with Crippen LogP contribution in [0.3, 0.4) is 0 Å². The smallest absolute Gasteiger partial charge is 0.303 e. The van der Waals surface area contributed by atoms with Gasteiger partial charge in [0.05, 0.1) is 24.1 Å². The highest BCUT2D eigenvalue weighted by molar-refractivity contribution is 5.91. The second-order valence-electron chi connectivity index (χ2n) is 10.2. The van der Waals surface area contributed by atoms with Crippen molar-refractivity contribution in [3.63, 3.8) is 0 Å². The first-order valence-corrected chi connectivity index (χ1v) is 12.6. The summed E-state index contributed by atoms with van der Waals surface area (Å²) in [6.07, 6.45) is 2.55. The maximum atomic E-state index is 15.4. The van der Waals surface area contributed by atoms with Gasteiger partial charge in [0.2, 0.25) is 11.8 Å². The minimum Gasteiger partial charge on any atom is -0.481 e. The lowest BCUT2D eigenvalue weighted by atomic mass is 9.91. The number of benzene rings is 1. The Balaban J connectivity index is 1.76. The molecule has 0 radical (unpaired) electrons. The molecule has 0 bridgehead atoms. The lowest BCUT2D eigenvalue weighted by Crippen LogP contribution is -2.41. The highest BCUT2D eigenvalue weighted by atomic mass is 19.3. The van der Waals surface area contributed by atoms with E-state index in [9.17, 15) is 18.7 Å². The SMILES string of the molecule is COc1nc2nc(C)nc(N[C@H](C)c3cccc(C(F)(F)C(C)(C)O)c3F)c2cc1C1=CCN(C(C)=O)CC1. The predicted molar refractivity (Wildman–Crippen MR) is 142 cm³/mol. The van der Waals surface area contributed by atoms with E-state index in [-0.39, 0.29) is 11.5 Å². The third-order valence-electron chi connectivity index (χ3n) is 6.91. The number of nitrogens with one attached hydrogen (secondary N) is 1. The molecule has 1 aliphatic heterocycles. The van der Waals surface area contributed by atoms with E-state index in [1.807, 2.05) is 12.1 Å². The summed E-state index contributed by atoms with van der Waals surface area (Å²) in [5.74, 6) is -3.81. The minimum atomic E-state index is -3.81. The molecule has 2 N–H and O–H groups in total. The monoisotopic (exact) mass is 543 g/mol. The number of methoxy groups -OCH3 is 1. The van der Waals surface area contributed by atoms with Gasteiger partial charge in [-0.2, -0.15) is 13.8 Å². The lowest BCUT2D eigenvalue weighted by Gasteiger charge is -2.30. The van der Waals surface area contributed by atoms with E-state index in [4.69, 9.17) is 4.74 Å². The Kier molecular flexibility index (Phi) is 7.57. The van der Waals surface area contributed by atoms with Crippen molar-refractivity contribution in [3.8, 4) is 5.88 Å². The van der Waals surface area contributed by atoms with Crippen molar-refractivity contribution in [1.82, 2.24) is 19.9 Å². The van der Waals surface area contributed by atoms with Gasteiger partial charge < -0.3 is 20.1 Å². The van der Waals surface area contributed by atoms with Gasteiger partial charge >= 0.3 is 5.92 Å². The number of halogens is 3. The summed E-state index contributed by atoms with van der Waals surface area (Å²) in [5.41, 5.74) is -1.34. The van der Waals surface area contributed by atoms with Crippen molar-refractivity contribution in [2.24, 2.45) is 0 Å². The van der Waals surface area contributed by atoms with Crippen LogP contribution < -0.4 is 10.1 Å². The third-order valence-corrected chi connectivity index (χ3v) is 6.91. The van der Waals surface area contributed by atoms with E-state index in [2.05, 4.69) is 20.3 Å². The number of hydrogen-bond acceptors (Lipinski definition) is 7. The molecule has 0 saturated heterocycles. The van der Waals surface area contributed by atoms with E-state index in [0.29, 0.717) is 53.6 Å².